The molecule has 2 N–H and O–H groups in total. The number of benzene rings is 2. The van der Waals surface area contributed by atoms with E-state index in [1.165, 1.54) is 38.5 Å². The molecule has 0 fully saturated rings. The second-order valence-electron chi connectivity index (χ2n) is 16.9. The van der Waals surface area contributed by atoms with E-state index < -0.39 is 40.3 Å². The van der Waals surface area contributed by atoms with Gasteiger partial charge in [-0.3, -0.25) is 4.98 Å². The van der Waals surface area contributed by atoms with Gasteiger partial charge in [-0.1, -0.05) is 49.9 Å². The third-order valence-corrected chi connectivity index (χ3v) is 27.5. The van der Waals surface area contributed by atoms with Crippen LogP contribution in [0.1, 0.15) is 151 Å². The normalized spacial score (nSPS) is 13.9. The van der Waals surface area contributed by atoms with E-state index in [1.54, 1.807) is 25.6 Å². The monoisotopic (exact) mass is 946 g/mol. The average Bonchev–Trinajstić information content (AvgIpc) is 3.16. The quantitative estimate of drug-likeness (QED) is 0.0816. The zero-order valence-corrected chi connectivity index (χ0v) is 41.5. The molecule has 2 aromatic carbocycles. The van der Waals surface area contributed by atoms with Crippen LogP contribution in [0.15, 0.2) is 78.2 Å². The number of hydrogen-bond acceptors (Lipinski definition) is 4. The first-order valence-electron chi connectivity index (χ1n) is 20.4. The van der Waals surface area contributed by atoms with Crippen molar-refractivity contribution < 1.29 is 8.42 Å². The van der Waals surface area contributed by atoms with E-state index in [9.17, 15) is 8.42 Å². The second kappa shape index (κ2) is 25.6. The molecular weight excluding hydrogens is 871 g/mol. The average molecular weight is 946 g/mol. The minimum atomic E-state index is -1.85. The van der Waals surface area contributed by atoms with Gasteiger partial charge in [-0.25, -0.2) is 22.8 Å². The summed E-state index contributed by atoms with van der Waals surface area (Å²) in [6, 6.07) is 16.2. The zero-order valence-electron chi connectivity index (χ0n) is 36.3. The Morgan fingerprint density at radius 2 is 1.09 bits per heavy atom. The third kappa shape index (κ3) is 18.1. The standard InChI is InChI=1S/C17H22N2OS.C15H19ClN2OS.3C4H9.C2H3.CH4.Sn/c1-6-16-10-15-9-13(7-8-14(15)11-18-16)12(2)19-21(20)17(3,4)5;1-10(18-20(19)15(2,3)4)11-5-6-12-9-17-14(16)8-13(12)7-11;3*1-3-4-2;1-2;;/h6-12,19H,1H2,2-5H3;5-10,18H,1-4H3;3*1,3-4H2,2H3;1H,2H2;1H4;/t12-,21-;10-,20-;;;;;;/m11....../s1. The molecule has 0 saturated carbocycles. The Morgan fingerprint density at radius 1 is 0.684 bits per heavy atom. The molecular formula is C47H75ClN4O2S2Sn. The van der Waals surface area contributed by atoms with Crippen LogP contribution < -0.4 is 9.44 Å². The van der Waals surface area contributed by atoms with Gasteiger partial charge in [-0.2, -0.15) is 0 Å². The molecule has 2 heterocycles. The smallest absolute Gasteiger partial charge is 0.129 e. The maximum absolute atomic E-state index is 12.2. The second-order valence-corrected chi connectivity index (χ2v) is 34.5. The maximum Gasteiger partial charge on any atom is 0.129 e. The molecule has 0 radical (unpaired) electrons. The Kier molecular flexibility index (Phi) is 23.9. The Balaban J connectivity index is 0.000000431. The van der Waals surface area contributed by atoms with E-state index in [0.717, 1.165) is 38.4 Å². The first-order valence-corrected chi connectivity index (χ1v) is 30.8. The van der Waals surface area contributed by atoms with Gasteiger partial charge in [0, 0.05) is 35.2 Å². The van der Waals surface area contributed by atoms with Crippen molar-refractivity contribution >= 4 is 79.6 Å². The number of hydrogen-bond donors (Lipinski definition) is 2. The molecule has 2 aromatic heterocycles. The summed E-state index contributed by atoms with van der Waals surface area (Å²) < 4.78 is 37.2. The summed E-state index contributed by atoms with van der Waals surface area (Å²) in [6.07, 6.45) is 13.8. The van der Waals surface area contributed by atoms with Crippen molar-refractivity contribution in [1.82, 2.24) is 19.4 Å². The van der Waals surface area contributed by atoms with Gasteiger partial charge in [0.05, 0.1) is 37.2 Å². The molecule has 4 rings (SSSR count). The Hall–Kier alpha value is -1.95. The van der Waals surface area contributed by atoms with Gasteiger partial charge >= 0.3 is 102 Å². The number of pyridine rings is 2. The van der Waals surface area contributed by atoms with Crippen LogP contribution in [0.25, 0.3) is 27.6 Å². The van der Waals surface area contributed by atoms with Crippen LogP contribution in [0.3, 0.4) is 0 Å². The number of aromatic nitrogens is 2. The van der Waals surface area contributed by atoms with Crippen molar-refractivity contribution in [2.75, 3.05) is 0 Å². The topological polar surface area (TPSA) is 84.0 Å². The molecule has 0 amide bonds. The van der Waals surface area contributed by atoms with Gasteiger partial charge in [0.25, 0.3) is 0 Å². The molecule has 0 bridgehead atoms. The predicted octanol–water partition coefficient (Wildman–Crippen LogP) is 14.2. The van der Waals surface area contributed by atoms with Crippen LogP contribution in [0.5, 0.6) is 0 Å². The van der Waals surface area contributed by atoms with Gasteiger partial charge in [-0.05, 0) is 108 Å². The fourth-order valence-electron chi connectivity index (χ4n) is 6.04. The fourth-order valence-corrected chi connectivity index (χ4v) is 20.8. The van der Waals surface area contributed by atoms with Gasteiger partial charge in [0.1, 0.15) is 5.15 Å². The van der Waals surface area contributed by atoms with Crippen LogP contribution in [0, 0.1) is 0 Å². The Morgan fingerprint density at radius 3 is 1.46 bits per heavy atom. The van der Waals surface area contributed by atoms with E-state index >= 15 is 0 Å². The molecule has 4 atom stereocenters. The minimum Gasteiger partial charge on any atom is -0.244 e. The van der Waals surface area contributed by atoms with Crippen molar-refractivity contribution in [3.05, 3.63) is 100 Å². The molecule has 318 valence electrons. The molecule has 4 aromatic rings. The van der Waals surface area contributed by atoms with Crippen LogP contribution >= 0.6 is 11.6 Å². The van der Waals surface area contributed by atoms with Crippen molar-refractivity contribution in [2.24, 2.45) is 0 Å². The maximum atomic E-state index is 12.2. The van der Waals surface area contributed by atoms with Gasteiger partial charge in [0.2, 0.25) is 0 Å². The molecule has 0 unspecified atom stereocenters. The van der Waals surface area contributed by atoms with E-state index in [0.29, 0.717) is 5.15 Å². The molecule has 57 heavy (non-hydrogen) atoms. The van der Waals surface area contributed by atoms with Gasteiger partial charge in [-0.15, -0.1) is 0 Å². The first kappa shape index (κ1) is 53.1. The van der Waals surface area contributed by atoms with E-state index in [-0.39, 0.29) is 29.0 Å². The summed E-state index contributed by atoms with van der Waals surface area (Å²) in [5.41, 5.74) is 3.05. The van der Waals surface area contributed by atoms with Gasteiger partial charge in [0.15, 0.2) is 0 Å². The first-order chi connectivity index (χ1) is 26.3. The van der Waals surface area contributed by atoms with E-state index in [2.05, 4.69) is 75.6 Å². The molecule has 0 aliphatic carbocycles. The summed E-state index contributed by atoms with van der Waals surface area (Å²) in [6.45, 7) is 30.7. The van der Waals surface area contributed by atoms with Crippen molar-refractivity contribution in [2.45, 2.75) is 157 Å². The summed E-state index contributed by atoms with van der Waals surface area (Å²) in [7, 11) is -2.18. The molecule has 0 spiro atoms. The van der Waals surface area contributed by atoms with Crippen molar-refractivity contribution in [1.29, 1.82) is 0 Å². The van der Waals surface area contributed by atoms with Crippen molar-refractivity contribution in [3.63, 3.8) is 0 Å². The number of unbranched alkanes of at least 4 members (excludes halogenated alkanes) is 3. The summed E-state index contributed by atoms with van der Waals surface area (Å²) in [5, 5.41) is 4.77. The van der Waals surface area contributed by atoms with Crippen LogP contribution in [-0.2, 0) is 22.0 Å². The SMILES string of the molecule is C.C=Cc1cc2cc([C@@H](C)N[S@](=O)C(C)(C)C)ccc2cn1.C=[CH][Sn]([CH2]CCC)([CH2]CCC)[CH2]CCC.C[C@@H](N[S@](=O)C(C)(C)C)c1ccc2cnc(Cl)cc2c1. The van der Waals surface area contributed by atoms with Crippen LogP contribution in [0.4, 0.5) is 0 Å². The zero-order chi connectivity index (χ0) is 42.1. The minimum absolute atomic E-state index is 0. The van der Waals surface area contributed by atoms with Crippen LogP contribution in [0.2, 0.25) is 18.5 Å². The van der Waals surface area contributed by atoms with Crippen LogP contribution in [-0.4, -0.2) is 46.3 Å². The number of nitrogens with one attached hydrogen (secondary N) is 2. The number of fused-ring (bicyclic) bond motifs is 2. The summed E-state index contributed by atoms with van der Waals surface area (Å²) >= 11 is 4.07. The Bertz CT molecular complexity index is 1870. The molecule has 6 nitrogen and oxygen atoms in total. The van der Waals surface area contributed by atoms with Gasteiger partial charge < -0.3 is 0 Å². The Labute approximate surface area is 362 Å². The molecule has 0 aliphatic heterocycles. The molecule has 10 heteroatoms. The number of nitrogens with zero attached hydrogens (tertiary/aromatic N) is 2. The summed E-state index contributed by atoms with van der Waals surface area (Å²) in [5.74, 6) is 0. The molecule has 0 aliphatic rings. The van der Waals surface area contributed by atoms with E-state index in [4.69, 9.17) is 11.6 Å². The number of halogens is 1. The fraction of sp³-hybridized carbons (Fsp3) is 0.532. The van der Waals surface area contributed by atoms with E-state index in [1.807, 2.05) is 91.9 Å². The third-order valence-electron chi connectivity index (χ3n) is 9.89. The molecule has 0 saturated heterocycles. The largest absolute Gasteiger partial charge is 0.244 e. The summed E-state index contributed by atoms with van der Waals surface area (Å²) in [4.78, 5) is 8.36. The number of rotatable bonds is 17. The predicted molar refractivity (Wildman–Crippen MR) is 259 cm³/mol. The van der Waals surface area contributed by atoms with Crippen molar-refractivity contribution in [3.8, 4) is 0 Å².